The van der Waals surface area contributed by atoms with Crippen molar-refractivity contribution in [1.82, 2.24) is 24.4 Å². The normalized spacial score (nSPS) is 11.2. The Morgan fingerprint density at radius 2 is 2.19 bits per heavy atom. The number of nitrogens with zero attached hydrogens (tertiary/aromatic N) is 5. The average molecular weight is 387 g/mol. The quantitative estimate of drug-likeness (QED) is 0.656. The second kappa shape index (κ2) is 7.96. The predicted octanol–water partition coefficient (Wildman–Crippen LogP) is 3.09. The van der Waals surface area contributed by atoms with E-state index in [2.05, 4.69) is 30.3 Å². The van der Waals surface area contributed by atoms with E-state index in [0.717, 1.165) is 27.8 Å². The molecule has 3 rings (SSSR count). The van der Waals surface area contributed by atoms with Crippen LogP contribution in [0.5, 0.6) is 0 Å². The number of aromatic nitrogens is 4. The van der Waals surface area contributed by atoms with E-state index in [1.807, 2.05) is 32.2 Å². The zero-order valence-corrected chi connectivity index (χ0v) is 16.2. The van der Waals surface area contributed by atoms with Crippen LogP contribution in [0.2, 0.25) is 5.02 Å². The summed E-state index contributed by atoms with van der Waals surface area (Å²) >= 11 is 7.62. The van der Waals surface area contributed by atoms with E-state index in [-0.39, 0.29) is 0 Å². The molecule has 1 aromatic carbocycles. The van der Waals surface area contributed by atoms with E-state index in [1.54, 1.807) is 11.8 Å². The smallest absolute Gasteiger partial charge is 0.175 e. The SMILES string of the molecule is C#CCN(C)CCn1c(Sc2ccc(Cl)cc2C)nc2c(N)ncnc21. The molecule has 0 fully saturated rings. The number of hydrogen-bond donors (Lipinski definition) is 1. The molecule has 2 aromatic heterocycles. The number of anilines is 1. The molecule has 0 atom stereocenters. The van der Waals surface area contributed by atoms with Crippen LogP contribution in [0, 0.1) is 19.3 Å². The number of nitrogen functional groups attached to an aromatic ring is 1. The van der Waals surface area contributed by atoms with Gasteiger partial charge in [0.2, 0.25) is 0 Å². The highest BCUT2D eigenvalue weighted by Gasteiger charge is 2.17. The Balaban J connectivity index is 1.98. The molecule has 0 radical (unpaired) electrons. The second-order valence-electron chi connectivity index (χ2n) is 5.93. The van der Waals surface area contributed by atoms with Gasteiger partial charge in [-0.3, -0.25) is 4.90 Å². The molecule has 26 heavy (non-hydrogen) atoms. The first-order chi connectivity index (χ1) is 12.5. The number of rotatable bonds is 6. The molecule has 0 amide bonds. The topological polar surface area (TPSA) is 72.9 Å². The van der Waals surface area contributed by atoms with Crippen LogP contribution >= 0.6 is 23.4 Å². The van der Waals surface area contributed by atoms with Gasteiger partial charge in [-0.1, -0.05) is 29.3 Å². The molecule has 0 aliphatic carbocycles. The van der Waals surface area contributed by atoms with Gasteiger partial charge in [-0.05, 0) is 37.7 Å². The van der Waals surface area contributed by atoms with Crippen molar-refractivity contribution in [2.24, 2.45) is 0 Å². The Kier molecular flexibility index (Phi) is 5.67. The largest absolute Gasteiger partial charge is 0.382 e. The lowest BCUT2D eigenvalue weighted by Crippen LogP contribution is -2.23. The van der Waals surface area contributed by atoms with Gasteiger partial charge in [0.05, 0.1) is 6.54 Å². The molecule has 0 saturated heterocycles. The summed E-state index contributed by atoms with van der Waals surface area (Å²) in [6.45, 7) is 4.07. The van der Waals surface area contributed by atoms with Gasteiger partial charge in [0.1, 0.15) is 6.33 Å². The number of terminal acetylenes is 1. The van der Waals surface area contributed by atoms with Gasteiger partial charge < -0.3 is 10.3 Å². The number of benzene rings is 1. The molecular weight excluding hydrogens is 368 g/mol. The molecule has 0 spiro atoms. The number of halogens is 1. The molecule has 0 bridgehead atoms. The van der Waals surface area contributed by atoms with Crippen LogP contribution in [0.3, 0.4) is 0 Å². The minimum absolute atomic E-state index is 0.375. The first-order valence-corrected chi connectivity index (χ1v) is 9.21. The van der Waals surface area contributed by atoms with Crippen LogP contribution in [-0.4, -0.2) is 44.6 Å². The van der Waals surface area contributed by atoms with Gasteiger partial charge in [-0.2, -0.15) is 0 Å². The minimum atomic E-state index is 0.375. The van der Waals surface area contributed by atoms with Crippen LogP contribution < -0.4 is 5.73 Å². The number of imidazole rings is 1. The zero-order chi connectivity index (χ0) is 18.7. The Hall–Kier alpha value is -2.27. The van der Waals surface area contributed by atoms with Crippen molar-refractivity contribution >= 4 is 40.3 Å². The van der Waals surface area contributed by atoms with Crippen molar-refractivity contribution in [1.29, 1.82) is 0 Å². The third-order valence-corrected chi connectivity index (χ3v) is 5.34. The number of aryl methyl sites for hydroxylation is 1. The van der Waals surface area contributed by atoms with Gasteiger partial charge in [0, 0.05) is 23.0 Å². The van der Waals surface area contributed by atoms with Crippen molar-refractivity contribution in [2.45, 2.75) is 23.5 Å². The fraction of sp³-hybridized carbons (Fsp3) is 0.278. The van der Waals surface area contributed by atoms with Crippen molar-refractivity contribution in [2.75, 3.05) is 25.9 Å². The van der Waals surface area contributed by atoms with Gasteiger partial charge >= 0.3 is 0 Å². The maximum atomic E-state index is 6.06. The summed E-state index contributed by atoms with van der Waals surface area (Å²) in [5.41, 5.74) is 8.42. The van der Waals surface area contributed by atoms with Gasteiger partial charge in [-0.15, -0.1) is 6.42 Å². The number of nitrogens with two attached hydrogens (primary N) is 1. The summed E-state index contributed by atoms with van der Waals surface area (Å²) in [4.78, 5) is 16.3. The highest BCUT2D eigenvalue weighted by atomic mass is 35.5. The summed E-state index contributed by atoms with van der Waals surface area (Å²) in [6.07, 6.45) is 6.85. The van der Waals surface area contributed by atoms with E-state index in [1.165, 1.54) is 6.33 Å². The van der Waals surface area contributed by atoms with Crippen molar-refractivity contribution in [3.8, 4) is 12.3 Å². The van der Waals surface area contributed by atoms with E-state index < -0.39 is 0 Å². The Morgan fingerprint density at radius 1 is 1.38 bits per heavy atom. The summed E-state index contributed by atoms with van der Waals surface area (Å²) in [5, 5.41) is 1.53. The van der Waals surface area contributed by atoms with Gasteiger partial charge in [0.15, 0.2) is 22.1 Å². The van der Waals surface area contributed by atoms with Crippen LogP contribution in [-0.2, 0) is 6.54 Å². The van der Waals surface area contributed by atoms with E-state index in [4.69, 9.17) is 23.8 Å². The summed E-state index contributed by atoms with van der Waals surface area (Å²) < 4.78 is 2.05. The van der Waals surface area contributed by atoms with E-state index in [0.29, 0.717) is 29.4 Å². The molecule has 2 heterocycles. The Labute approximate surface area is 161 Å². The third-order valence-electron chi connectivity index (χ3n) is 3.93. The minimum Gasteiger partial charge on any atom is -0.382 e. The van der Waals surface area contributed by atoms with Crippen molar-refractivity contribution in [3.63, 3.8) is 0 Å². The van der Waals surface area contributed by atoms with E-state index >= 15 is 0 Å². The number of fused-ring (bicyclic) bond motifs is 1. The lowest BCUT2D eigenvalue weighted by atomic mass is 10.2. The van der Waals surface area contributed by atoms with Crippen LogP contribution in [0.25, 0.3) is 11.2 Å². The molecule has 8 heteroatoms. The summed E-state index contributed by atoms with van der Waals surface area (Å²) in [7, 11) is 1.98. The molecule has 0 aliphatic rings. The van der Waals surface area contributed by atoms with Crippen LogP contribution in [0.15, 0.2) is 34.6 Å². The summed E-state index contributed by atoms with van der Waals surface area (Å²) in [5.74, 6) is 3.02. The van der Waals surface area contributed by atoms with Crippen molar-refractivity contribution in [3.05, 3.63) is 35.1 Å². The molecule has 3 aromatic rings. The first kappa shape index (κ1) is 18.5. The van der Waals surface area contributed by atoms with Crippen LogP contribution in [0.1, 0.15) is 5.56 Å². The monoisotopic (exact) mass is 386 g/mol. The second-order valence-corrected chi connectivity index (χ2v) is 7.38. The first-order valence-electron chi connectivity index (χ1n) is 8.02. The van der Waals surface area contributed by atoms with E-state index in [9.17, 15) is 0 Å². The summed E-state index contributed by atoms with van der Waals surface area (Å²) in [6, 6.07) is 5.80. The molecular formula is C18H19ClN6S. The number of likely N-dealkylation sites (N-methyl/N-ethyl adjacent to an activating group) is 1. The maximum absolute atomic E-state index is 6.06. The highest BCUT2D eigenvalue weighted by Crippen LogP contribution is 2.33. The molecule has 0 unspecified atom stereocenters. The van der Waals surface area contributed by atoms with Gasteiger partial charge in [-0.25, -0.2) is 15.0 Å². The zero-order valence-electron chi connectivity index (χ0n) is 14.6. The lowest BCUT2D eigenvalue weighted by molar-refractivity contribution is 0.352. The number of hydrogen-bond acceptors (Lipinski definition) is 6. The fourth-order valence-corrected chi connectivity index (χ4v) is 3.75. The lowest BCUT2D eigenvalue weighted by Gasteiger charge is -2.15. The fourth-order valence-electron chi connectivity index (χ4n) is 2.54. The average Bonchev–Trinajstić information content (AvgIpc) is 2.95. The van der Waals surface area contributed by atoms with Crippen LogP contribution in [0.4, 0.5) is 5.82 Å². The molecule has 0 saturated carbocycles. The Bertz CT molecular complexity index is 978. The maximum Gasteiger partial charge on any atom is 0.175 e. The molecule has 134 valence electrons. The third kappa shape index (κ3) is 3.93. The van der Waals surface area contributed by atoms with Gasteiger partial charge in [0.25, 0.3) is 0 Å². The Morgan fingerprint density at radius 3 is 2.92 bits per heavy atom. The predicted molar refractivity (Wildman–Crippen MR) is 106 cm³/mol. The molecule has 6 nitrogen and oxygen atoms in total. The van der Waals surface area contributed by atoms with Crippen molar-refractivity contribution < 1.29 is 0 Å². The molecule has 0 aliphatic heterocycles. The standard InChI is InChI=1S/C18H19ClN6S/c1-4-7-24(3)8-9-25-17-15(16(20)21-11-22-17)23-18(25)26-14-6-5-13(19)10-12(14)2/h1,5-6,10-11H,7-9H2,2-3H3,(H2,20,21,22). The molecule has 2 N–H and O–H groups in total. The highest BCUT2D eigenvalue weighted by molar-refractivity contribution is 7.99.